The number of sulfone groups is 1. The van der Waals surface area contributed by atoms with Crippen LogP contribution >= 0.6 is 11.3 Å². The van der Waals surface area contributed by atoms with Crippen molar-refractivity contribution in [3.8, 4) is 10.6 Å². The van der Waals surface area contributed by atoms with Gasteiger partial charge in [-0.05, 0) is 42.0 Å². The van der Waals surface area contributed by atoms with Crippen LogP contribution < -0.4 is 0 Å². The summed E-state index contributed by atoms with van der Waals surface area (Å²) >= 11 is 1.16. The van der Waals surface area contributed by atoms with Gasteiger partial charge in [0, 0.05) is 6.20 Å². The molecule has 24 heavy (non-hydrogen) atoms. The number of aromatic carboxylic acids is 1. The van der Waals surface area contributed by atoms with Gasteiger partial charge in [-0.25, -0.2) is 13.2 Å². The second kappa shape index (κ2) is 6.54. The van der Waals surface area contributed by atoms with E-state index in [9.17, 15) is 13.2 Å². The fourth-order valence-electron chi connectivity index (χ4n) is 2.22. The number of aromatic nitrogens is 1. The maximum atomic E-state index is 12.6. The average molecular weight is 359 g/mol. The van der Waals surface area contributed by atoms with E-state index in [1.165, 1.54) is 12.1 Å². The molecule has 2 aromatic heterocycles. The van der Waals surface area contributed by atoms with E-state index in [1.807, 2.05) is 12.1 Å². The van der Waals surface area contributed by atoms with Crippen LogP contribution in [-0.4, -0.2) is 24.5 Å². The fraction of sp³-hybridized carbons (Fsp3) is 0.0588. The second-order valence-electron chi connectivity index (χ2n) is 5.10. The first-order valence-corrected chi connectivity index (χ1v) is 9.49. The zero-order chi connectivity index (χ0) is 17.2. The minimum absolute atomic E-state index is 0.0723. The van der Waals surface area contributed by atoms with Crippen molar-refractivity contribution in [3.63, 3.8) is 0 Å². The molecule has 3 aromatic rings. The Hall–Kier alpha value is -2.51. The molecule has 7 heteroatoms. The minimum atomic E-state index is -3.55. The maximum Gasteiger partial charge on any atom is 0.335 e. The van der Waals surface area contributed by atoms with E-state index < -0.39 is 15.8 Å². The van der Waals surface area contributed by atoms with Crippen LogP contribution in [0.3, 0.4) is 0 Å². The molecule has 0 amide bonds. The molecule has 0 aliphatic rings. The third-order valence-electron chi connectivity index (χ3n) is 3.34. The number of nitrogens with zero attached hydrogens (tertiary/aromatic N) is 1. The SMILES string of the molecule is O=C(O)c1cccc(CS(=O)(=O)c2ccc(-c3ccccn3)s2)c1. The monoisotopic (exact) mass is 359 g/mol. The van der Waals surface area contributed by atoms with Crippen LogP contribution in [0.1, 0.15) is 15.9 Å². The zero-order valence-electron chi connectivity index (χ0n) is 12.4. The number of hydrogen-bond acceptors (Lipinski definition) is 5. The fourth-order valence-corrected chi connectivity index (χ4v) is 4.92. The van der Waals surface area contributed by atoms with Crippen molar-refractivity contribution < 1.29 is 18.3 Å². The molecule has 0 spiro atoms. The molecule has 2 heterocycles. The second-order valence-corrected chi connectivity index (χ2v) is 8.40. The van der Waals surface area contributed by atoms with Gasteiger partial charge in [0.25, 0.3) is 0 Å². The predicted molar refractivity (Wildman–Crippen MR) is 91.8 cm³/mol. The highest BCUT2D eigenvalue weighted by atomic mass is 32.2. The number of rotatable bonds is 5. The lowest BCUT2D eigenvalue weighted by Gasteiger charge is -2.03. The Morgan fingerprint density at radius 1 is 1.08 bits per heavy atom. The standard InChI is InChI=1S/C17H13NO4S2/c19-17(20)13-5-3-4-12(10-13)11-24(21,22)16-8-7-15(23-16)14-6-1-2-9-18-14/h1-10H,11H2,(H,19,20). The summed E-state index contributed by atoms with van der Waals surface area (Å²) < 4.78 is 25.4. The molecule has 0 aliphatic carbocycles. The Kier molecular flexibility index (Phi) is 4.46. The Bertz CT molecular complexity index is 979. The highest BCUT2D eigenvalue weighted by molar-refractivity contribution is 7.92. The Labute approximate surface area is 143 Å². The third kappa shape index (κ3) is 3.52. The van der Waals surface area contributed by atoms with E-state index >= 15 is 0 Å². The summed E-state index contributed by atoms with van der Waals surface area (Å²) in [5.74, 6) is -1.32. The first kappa shape index (κ1) is 16.4. The molecular weight excluding hydrogens is 346 g/mol. The summed E-state index contributed by atoms with van der Waals surface area (Å²) in [5, 5.41) is 9.00. The first-order chi connectivity index (χ1) is 11.5. The Morgan fingerprint density at radius 2 is 1.92 bits per heavy atom. The van der Waals surface area contributed by atoms with Crippen LogP contribution in [0.2, 0.25) is 0 Å². The molecule has 1 N–H and O–H groups in total. The van der Waals surface area contributed by atoms with Gasteiger partial charge in [0.05, 0.1) is 21.9 Å². The molecule has 0 fully saturated rings. The van der Waals surface area contributed by atoms with E-state index in [-0.39, 0.29) is 15.5 Å². The van der Waals surface area contributed by atoms with Crippen molar-refractivity contribution in [1.82, 2.24) is 4.98 Å². The van der Waals surface area contributed by atoms with Gasteiger partial charge in [0.15, 0.2) is 9.84 Å². The molecular formula is C17H13NO4S2. The molecule has 0 unspecified atom stereocenters. The van der Waals surface area contributed by atoms with Crippen molar-refractivity contribution in [3.05, 3.63) is 71.9 Å². The molecule has 122 valence electrons. The summed E-state index contributed by atoms with van der Waals surface area (Å²) in [7, 11) is -3.55. The first-order valence-electron chi connectivity index (χ1n) is 7.02. The minimum Gasteiger partial charge on any atom is -0.478 e. The summed E-state index contributed by atoms with van der Waals surface area (Å²) in [6, 6.07) is 14.7. The van der Waals surface area contributed by atoms with E-state index in [4.69, 9.17) is 5.11 Å². The van der Waals surface area contributed by atoms with Gasteiger partial charge in [-0.3, -0.25) is 4.98 Å². The molecule has 0 saturated heterocycles. The predicted octanol–water partition coefficient (Wildman–Crippen LogP) is 3.48. The van der Waals surface area contributed by atoms with Crippen LogP contribution in [0.4, 0.5) is 0 Å². The number of carboxylic acid groups (broad SMARTS) is 1. The number of pyridine rings is 1. The normalized spacial score (nSPS) is 11.3. The van der Waals surface area contributed by atoms with Crippen LogP contribution in [0.5, 0.6) is 0 Å². The van der Waals surface area contributed by atoms with Crippen LogP contribution in [-0.2, 0) is 15.6 Å². The number of hydrogen-bond donors (Lipinski definition) is 1. The largest absolute Gasteiger partial charge is 0.478 e. The van der Waals surface area contributed by atoms with E-state index in [2.05, 4.69) is 4.98 Å². The lowest BCUT2D eigenvalue weighted by atomic mass is 10.1. The number of benzene rings is 1. The van der Waals surface area contributed by atoms with Gasteiger partial charge >= 0.3 is 5.97 Å². The highest BCUT2D eigenvalue weighted by Gasteiger charge is 2.19. The topological polar surface area (TPSA) is 84.3 Å². The quantitative estimate of drug-likeness (QED) is 0.754. The van der Waals surface area contributed by atoms with Crippen molar-refractivity contribution >= 4 is 27.1 Å². The summed E-state index contributed by atoms with van der Waals surface area (Å²) in [6.07, 6.45) is 1.65. The highest BCUT2D eigenvalue weighted by Crippen LogP contribution is 2.31. The van der Waals surface area contributed by atoms with Crippen molar-refractivity contribution in [2.24, 2.45) is 0 Å². The lowest BCUT2D eigenvalue weighted by molar-refractivity contribution is 0.0696. The van der Waals surface area contributed by atoms with E-state index in [0.29, 0.717) is 5.56 Å². The zero-order valence-corrected chi connectivity index (χ0v) is 14.0. The van der Waals surface area contributed by atoms with Crippen molar-refractivity contribution in [1.29, 1.82) is 0 Å². The lowest BCUT2D eigenvalue weighted by Crippen LogP contribution is -2.04. The molecule has 0 radical (unpaired) electrons. The molecule has 5 nitrogen and oxygen atoms in total. The smallest absolute Gasteiger partial charge is 0.335 e. The maximum absolute atomic E-state index is 12.6. The van der Waals surface area contributed by atoms with Crippen LogP contribution in [0.15, 0.2) is 65.0 Å². The summed E-state index contributed by atoms with van der Waals surface area (Å²) in [4.78, 5) is 16.0. The van der Waals surface area contributed by atoms with Crippen molar-refractivity contribution in [2.75, 3.05) is 0 Å². The van der Waals surface area contributed by atoms with Crippen LogP contribution in [0, 0.1) is 0 Å². The average Bonchev–Trinajstić information content (AvgIpc) is 3.06. The van der Waals surface area contributed by atoms with Crippen LogP contribution in [0.25, 0.3) is 10.6 Å². The van der Waals surface area contributed by atoms with Gasteiger partial charge in [0.2, 0.25) is 0 Å². The molecule has 1 aromatic carbocycles. The molecule has 0 atom stereocenters. The van der Waals surface area contributed by atoms with Crippen molar-refractivity contribution in [2.45, 2.75) is 9.96 Å². The number of carbonyl (C=O) groups is 1. The number of thiophene rings is 1. The summed E-state index contributed by atoms with van der Waals surface area (Å²) in [6.45, 7) is 0. The molecule has 0 saturated carbocycles. The molecule has 0 aliphatic heterocycles. The van der Waals surface area contributed by atoms with Gasteiger partial charge < -0.3 is 5.11 Å². The van der Waals surface area contributed by atoms with Gasteiger partial charge in [-0.2, -0.15) is 0 Å². The Morgan fingerprint density at radius 3 is 2.62 bits per heavy atom. The third-order valence-corrected chi connectivity index (χ3v) is 6.71. The molecule has 0 bridgehead atoms. The van der Waals surface area contributed by atoms with Gasteiger partial charge in [0.1, 0.15) is 4.21 Å². The van der Waals surface area contributed by atoms with E-state index in [0.717, 1.165) is 21.9 Å². The number of carboxylic acids is 1. The van der Waals surface area contributed by atoms with Gasteiger partial charge in [-0.15, -0.1) is 11.3 Å². The van der Waals surface area contributed by atoms with E-state index in [1.54, 1.807) is 36.5 Å². The van der Waals surface area contributed by atoms with Gasteiger partial charge in [-0.1, -0.05) is 18.2 Å². The Balaban J connectivity index is 1.88. The summed E-state index contributed by atoms with van der Waals surface area (Å²) in [5.41, 5.74) is 1.24. The molecule has 3 rings (SSSR count).